The number of pyridine rings is 1. The van der Waals surface area contributed by atoms with Gasteiger partial charge in [-0.25, -0.2) is 18.0 Å². The highest BCUT2D eigenvalue weighted by atomic mass is 19.3. The lowest BCUT2D eigenvalue weighted by Crippen LogP contribution is -2.40. The number of halogens is 3. The van der Waals surface area contributed by atoms with Crippen LogP contribution in [0.15, 0.2) is 48.7 Å². The van der Waals surface area contributed by atoms with Crippen molar-refractivity contribution in [2.75, 3.05) is 18.0 Å². The zero-order valence-corrected chi connectivity index (χ0v) is 21.0. The SMILES string of the molecule is C[C@@H](Cc1ccnc2ccc(N3CC[C@@H](NC(=O)OC(C)(C)C)C3)cc12)c1cccc(C(F)F)c1F. The molecule has 1 saturated heterocycles. The van der Waals surface area contributed by atoms with Gasteiger partial charge in [-0.3, -0.25) is 4.98 Å². The van der Waals surface area contributed by atoms with Crippen LogP contribution in [0, 0.1) is 5.82 Å². The third-order valence-corrected chi connectivity index (χ3v) is 6.44. The maximum Gasteiger partial charge on any atom is 0.407 e. The molecule has 0 radical (unpaired) electrons. The summed E-state index contributed by atoms with van der Waals surface area (Å²) >= 11 is 0. The van der Waals surface area contributed by atoms with Crippen molar-refractivity contribution in [1.29, 1.82) is 0 Å². The topological polar surface area (TPSA) is 54.5 Å². The van der Waals surface area contributed by atoms with E-state index >= 15 is 0 Å². The first kappa shape index (κ1) is 25.8. The van der Waals surface area contributed by atoms with Crippen LogP contribution in [0.5, 0.6) is 0 Å². The fourth-order valence-corrected chi connectivity index (χ4v) is 4.71. The summed E-state index contributed by atoms with van der Waals surface area (Å²) in [6.07, 6.45) is -0.276. The molecule has 1 aromatic heterocycles. The Morgan fingerprint density at radius 2 is 1.94 bits per heavy atom. The van der Waals surface area contributed by atoms with Crippen LogP contribution in [-0.4, -0.2) is 35.8 Å². The van der Waals surface area contributed by atoms with E-state index in [-0.39, 0.29) is 17.5 Å². The second-order valence-corrected chi connectivity index (χ2v) is 10.4. The largest absolute Gasteiger partial charge is 0.444 e. The summed E-state index contributed by atoms with van der Waals surface area (Å²) in [6, 6.07) is 12.1. The van der Waals surface area contributed by atoms with E-state index in [0.717, 1.165) is 41.2 Å². The molecule has 5 nitrogen and oxygen atoms in total. The predicted molar refractivity (Wildman–Crippen MR) is 135 cm³/mol. The van der Waals surface area contributed by atoms with Crippen molar-refractivity contribution in [3.63, 3.8) is 0 Å². The van der Waals surface area contributed by atoms with Crippen molar-refractivity contribution in [3.05, 3.63) is 71.2 Å². The minimum atomic E-state index is -2.85. The number of fused-ring (bicyclic) bond motifs is 1. The molecule has 2 heterocycles. The number of alkyl halides is 2. The van der Waals surface area contributed by atoms with Gasteiger partial charge in [-0.2, -0.15) is 0 Å². The molecule has 1 N–H and O–H groups in total. The van der Waals surface area contributed by atoms with E-state index in [0.29, 0.717) is 13.0 Å². The molecule has 1 amide bonds. The molecule has 192 valence electrons. The smallest absolute Gasteiger partial charge is 0.407 e. The Balaban J connectivity index is 1.52. The van der Waals surface area contributed by atoms with Gasteiger partial charge in [0.05, 0.1) is 17.1 Å². The molecule has 0 unspecified atom stereocenters. The predicted octanol–water partition coefficient (Wildman–Crippen LogP) is 6.76. The van der Waals surface area contributed by atoms with E-state index < -0.39 is 29.5 Å². The Kier molecular flexibility index (Phi) is 7.43. The number of amides is 1. The van der Waals surface area contributed by atoms with Crippen LogP contribution >= 0.6 is 0 Å². The van der Waals surface area contributed by atoms with Crippen LogP contribution in [0.2, 0.25) is 0 Å². The highest BCUT2D eigenvalue weighted by molar-refractivity contribution is 5.86. The number of ether oxygens (including phenoxy) is 1. The number of alkyl carbamates (subject to hydrolysis) is 1. The highest BCUT2D eigenvalue weighted by Crippen LogP contribution is 2.32. The molecule has 2 aromatic carbocycles. The lowest BCUT2D eigenvalue weighted by atomic mass is 9.90. The number of nitrogens with zero attached hydrogens (tertiary/aromatic N) is 2. The molecule has 2 atom stereocenters. The Hall–Kier alpha value is -3.29. The van der Waals surface area contributed by atoms with Crippen LogP contribution < -0.4 is 10.2 Å². The van der Waals surface area contributed by atoms with Crippen LogP contribution in [0.1, 0.15) is 63.1 Å². The number of nitrogens with one attached hydrogen (secondary N) is 1. The van der Waals surface area contributed by atoms with Gasteiger partial charge in [-0.1, -0.05) is 25.1 Å². The molecular weight excluding hydrogens is 467 g/mol. The van der Waals surface area contributed by atoms with Crippen LogP contribution in [0.3, 0.4) is 0 Å². The molecule has 1 aliphatic rings. The normalized spacial score (nSPS) is 17.0. The molecule has 36 heavy (non-hydrogen) atoms. The number of aromatic nitrogens is 1. The van der Waals surface area contributed by atoms with Gasteiger partial charge < -0.3 is 15.0 Å². The lowest BCUT2D eigenvalue weighted by molar-refractivity contribution is 0.0509. The molecule has 1 aliphatic heterocycles. The van der Waals surface area contributed by atoms with Crippen molar-refractivity contribution in [3.8, 4) is 0 Å². The summed E-state index contributed by atoms with van der Waals surface area (Å²) < 4.78 is 46.5. The summed E-state index contributed by atoms with van der Waals surface area (Å²) in [4.78, 5) is 18.8. The first-order chi connectivity index (χ1) is 17.0. The minimum absolute atomic E-state index is 0.0194. The average Bonchev–Trinajstić information content (AvgIpc) is 3.26. The van der Waals surface area contributed by atoms with Gasteiger partial charge in [0.25, 0.3) is 6.43 Å². The highest BCUT2D eigenvalue weighted by Gasteiger charge is 2.27. The number of carbonyl (C=O) groups is 1. The first-order valence-electron chi connectivity index (χ1n) is 12.2. The van der Waals surface area contributed by atoms with Crippen molar-refractivity contribution >= 4 is 22.7 Å². The Labute approximate surface area is 209 Å². The van der Waals surface area contributed by atoms with Crippen molar-refractivity contribution in [2.45, 2.75) is 64.5 Å². The third-order valence-electron chi connectivity index (χ3n) is 6.44. The Bertz CT molecular complexity index is 1240. The molecule has 3 aromatic rings. The fraction of sp³-hybridized carbons (Fsp3) is 0.429. The lowest BCUT2D eigenvalue weighted by Gasteiger charge is -2.23. The molecule has 0 saturated carbocycles. The van der Waals surface area contributed by atoms with E-state index in [1.165, 1.54) is 6.07 Å². The summed E-state index contributed by atoms with van der Waals surface area (Å²) in [5.41, 5.74) is 1.95. The zero-order valence-electron chi connectivity index (χ0n) is 21.0. The second-order valence-electron chi connectivity index (χ2n) is 10.4. The van der Waals surface area contributed by atoms with Gasteiger partial charge in [0.15, 0.2) is 0 Å². The number of rotatable bonds is 6. The van der Waals surface area contributed by atoms with Gasteiger partial charge in [-0.05, 0) is 74.9 Å². The molecule has 1 fully saturated rings. The maximum atomic E-state index is 14.7. The molecular formula is C28H32F3N3O2. The third kappa shape index (κ3) is 5.91. The zero-order chi connectivity index (χ0) is 26.0. The summed E-state index contributed by atoms with van der Waals surface area (Å²) in [7, 11) is 0. The molecule has 0 aliphatic carbocycles. The summed E-state index contributed by atoms with van der Waals surface area (Å²) in [5.74, 6) is -1.13. The van der Waals surface area contributed by atoms with Gasteiger partial charge in [0.1, 0.15) is 11.4 Å². The van der Waals surface area contributed by atoms with Crippen molar-refractivity contribution in [2.24, 2.45) is 0 Å². The van der Waals surface area contributed by atoms with Gasteiger partial charge in [0.2, 0.25) is 0 Å². The Morgan fingerprint density at radius 3 is 2.67 bits per heavy atom. The molecule has 8 heteroatoms. The van der Waals surface area contributed by atoms with Crippen LogP contribution in [-0.2, 0) is 11.2 Å². The standard InChI is InChI=1S/C28H32F3N3O2/c1-17(21-6-5-7-22(25(21)29)26(30)31)14-18-10-12-32-24-9-8-20(15-23(18)24)34-13-11-19(16-34)33-27(35)36-28(2,3)4/h5-10,12,15,17,19,26H,11,13-14,16H2,1-4H3,(H,33,35)/t17-,19+/m0/s1. The second kappa shape index (κ2) is 10.4. The van der Waals surface area contributed by atoms with Crippen LogP contribution in [0.25, 0.3) is 10.9 Å². The average molecular weight is 500 g/mol. The number of hydrogen-bond donors (Lipinski definition) is 1. The van der Waals surface area contributed by atoms with Crippen molar-refractivity contribution < 1.29 is 22.7 Å². The van der Waals surface area contributed by atoms with Crippen LogP contribution in [0.4, 0.5) is 23.7 Å². The quantitative estimate of drug-likeness (QED) is 0.407. The van der Waals surface area contributed by atoms with E-state index in [1.807, 2.05) is 45.9 Å². The van der Waals surface area contributed by atoms with Crippen molar-refractivity contribution in [1.82, 2.24) is 10.3 Å². The summed E-state index contributed by atoms with van der Waals surface area (Å²) in [5, 5.41) is 3.88. The first-order valence-corrected chi connectivity index (χ1v) is 12.2. The van der Waals surface area contributed by atoms with Gasteiger partial charge >= 0.3 is 6.09 Å². The minimum Gasteiger partial charge on any atom is -0.444 e. The van der Waals surface area contributed by atoms with E-state index in [2.05, 4.69) is 21.3 Å². The monoisotopic (exact) mass is 499 g/mol. The number of hydrogen-bond acceptors (Lipinski definition) is 4. The summed E-state index contributed by atoms with van der Waals surface area (Å²) in [6.45, 7) is 8.78. The van der Waals surface area contributed by atoms with Gasteiger partial charge in [-0.15, -0.1) is 0 Å². The number of benzene rings is 2. The molecule has 0 spiro atoms. The van der Waals surface area contributed by atoms with E-state index in [1.54, 1.807) is 12.3 Å². The van der Waals surface area contributed by atoms with E-state index in [4.69, 9.17) is 4.74 Å². The number of carbonyl (C=O) groups excluding carboxylic acids is 1. The Morgan fingerprint density at radius 1 is 1.19 bits per heavy atom. The maximum absolute atomic E-state index is 14.7. The number of anilines is 1. The fourth-order valence-electron chi connectivity index (χ4n) is 4.71. The van der Waals surface area contributed by atoms with E-state index in [9.17, 15) is 18.0 Å². The van der Waals surface area contributed by atoms with Gasteiger partial charge in [0, 0.05) is 30.4 Å². The molecule has 0 bridgehead atoms. The molecule has 4 rings (SSSR count).